The van der Waals surface area contributed by atoms with E-state index in [9.17, 15) is 4.79 Å². The highest BCUT2D eigenvalue weighted by Gasteiger charge is 2.17. The van der Waals surface area contributed by atoms with Gasteiger partial charge >= 0.3 is 0 Å². The largest absolute Gasteiger partial charge is 0.367 e. The summed E-state index contributed by atoms with van der Waals surface area (Å²) in [5.41, 5.74) is 2.31. The molecule has 0 aliphatic heterocycles. The molecule has 19 heavy (non-hydrogen) atoms. The molecule has 2 aromatic rings. The fourth-order valence-corrected chi connectivity index (χ4v) is 2.50. The summed E-state index contributed by atoms with van der Waals surface area (Å²) in [5.74, 6) is 0.548. The van der Waals surface area contributed by atoms with E-state index in [-0.39, 0.29) is 5.91 Å². The number of rotatable bonds is 4. The zero-order valence-electron chi connectivity index (χ0n) is 11.2. The fourth-order valence-electron chi connectivity index (χ4n) is 1.83. The molecule has 5 nitrogen and oxygen atoms in total. The molecule has 0 unspecified atom stereocenters. The highest BCUT2D eigenvalue weighted by Crippen LogP contribution is 2.20. The van der Waals surface area contributed by atoms with Crippen molar-refractivity contribution in [2.24, 2.45) is 0 Å². The highest BCUT2D eigenvalue weighted by molar-refractivity contribution is 7.98. The minimum atomic E-state index is -0.136. The number of amides is 1. The Morgan fingerprint density at radius 3 is 2.84 bits per heavy atom. The van der Waals surface area contributed by atoms with E-state index in [2.05, 4.69) is 20.3 Å². The first-order valence-corrected chi connectivity index (χ1v) is 7.13. The van der Waals surface area contributed by atoms with E-state index in [1.165, 1.54) is 11.8 Å². The van der Waals surface area contributed by atoms with Crippen molar-refractivity contribution < 1.29 is 4.79 Å². The Labute approximate surface area is 116 Å². The lowest BCUT2D eigenvalue weighted by molar-refractivity contribution is 0.0946. The van der Waals surface area contributed by atoms with Gasteiger partial charge in [0.15, 0.2) is 0 Å². The molecule has 0 aliphatic carbocycles. The summed E-state index contributed by atoms with van der Waals surface area (Å²) in [6.45, 7) is 4.15. The van der Waals surface area contributed by atoms with E-state index < -0.39 is 0 Å². The molecule has 1 amide bonds. The number of thioether (sulfide) groups is 1. The second kappa shape index (κ2) is 5.88. The van der Waals surface area contributed by atoms with Crippen LogP contribution in [0.1, 0.15) is 27.4 Å². The highest BCUT2D eigenvalue weighted by atomic mass is 32.2. The molecular formula is C13H16N4OS. The van der Waals surface area contributed by atoms with Crippen molar-refractivity contribution in [2.45, 2.75) is 25.4 Å². The van der Waals surface area contributed by atoms with Crippen LogP contribution in [0.5, 0.6) is 0 Å². The monoisotopic (exact) mass is 276 g/mol. The van der Waals surface area contributed by atoms with Crippen molar-refractivity contribution in [3.63, 3.8) is 0 Å². The molecule has 0 saturated carbocycles. The van der Waals surface area contributed by atoms with Crippen LogP contribution in [0.25, 0.3) is 0 Å². The Hall–Kier alpha value is -1.82. The zero-order chi connectivity index (χ0) is 13.8. The molecule has 0 atom stereocenters. The van der Waals surface area contributed by atoms with Crippen LogP contribution in [0.3, 0.4) is 0 Å². The molecule has 0 fully saturated rings. The van der Waals surface area contributed by atoms with Gasteiger partial charge in [0.1, 0.15) is 10.9 Å². The minimum absolute atomic E-state index is 0.136. The quantitative estimate of drug-likeness (QED) is 0.662. The van der Waals surface area contributed by atoms with Crippen LogP contribution >= 0.6 is 11.8 Å². The van der Waals surface area contributed by atoms with Crippen LogP contribution in [0.2, 0.25) is 0 Å². The Kier molecular flexibility index (Phi) is 4.21. The molecule has 2 rings (SSSR count). The smallest absolute Gasteiger partial charge is 0.256 e. The first-order chi connectivity index (χ1) is 9.11. The van der Waals surface area contributed by atoms with Gasteiger partial charge in [-0.3, -0.25) is 4.79 Å². The van der Waals surface area contributed by atoms with Crippen molar-refractivity contribution in [3.05, 3.63) is 41.1 Å². The summed E-state index contributed by atoms with van der Waals surface area (Å²) < 4.78 is 0. The SMILES string of the molecule is CSc1nc(C)nc(C)c1C(=O)NCc1cc[nH]c1. The molecule has 0 bridgehead atoms. The van der Waals surface area contributed by atoms with Crippen LogP contribution in [-0.2, 0) is 6.54 Å². The van der Waals surface area contributed by atoms with Gasteiger partial charge in [0.25, 0.3) is 5.91 Å². The Morgan fingerprint density at radius 2 is 2.21 bits per heavy atom. The standard InChI is InChI=1S/C13H16N4OS/c1-8-11(13(19-3)17-9(2)16-8)12(18)15-7-10-4-5-14-6-10/h4-6,14H,7H2,1-3H3,(H,15,18). The maximum atomic E-state index is 12.2. The lowest BCUT2D eigenvalue weighted by Crippen LogP contribution is -2.25. The third-order valence-corrected chi connectivity index (χ3v) is 3.39. The zero-order valence-corrected chi connectivity index (χ0v) is 12.0. The maximum absolute atomic E-state index is 12.2. The van der Waals surface area contributed by atoms with Crippen LogP contribution in [-0.4, -0.2) is 27.1 Å². The second-order valence-corrected chi connectivity index (χ2v) is 4.94. The first-order valence-electron chi connectivity index (χ1n) is 5.91. The van der Waals surface area contributed by atoms with Gasteiger partial charge in [0, 0.05) is 18.9 Å². The van der Waals surface area contributed by atoms with E-state index in [1.54, 1.807) is 0 Å². The summed E-state index contributed by atoms with van der Waals surface area (Å²) in [7, 11) is 0. The molecule has 2 heterocycles. The third-order valence-electron chi connectivity index (χ3n) is 2.70. The molecule has 0 aromatic carbocycles. The molecule has 2 aromatic heterocycles. The van der Waals surface area contributed by atoms with Crippen molar-refractivity contribution >= 4 is 17.7 Å². The lowest BCUT2D eigenvalue weighted by atomic mass is 10.2. The Morgan fingerprint density at radius 1 is 1.42 bits per heavy atom. The molecule has 2 N–H and O–H groups in total. The second-order valence-electron chi connectivity index (χ2n) is 4.14. The van der Waals surface area contributed by atoms with Crippen molar-refractivity contribution in [1.82, 2.24) is 20.3 Å². The van der Waals surface area contributed by atoms with Gasteiger partial charge < -0.3 is 10.3 Å². The van der Waals surface area contributed by atoms with Gasteiger partial charge in [-0.2, -0.15) is 0 Å². The van der Waals surface area contributed by atoms with Crippen molar-refractivity contribution in [3.8, 4) is 0 Å². The molecule has 0 radical (unpaired) electrons. The average Bonchev–Trinajstić information content (AvgIpc) is 2.88. The van der Waals surface area contributed by atoms with Gasteiger partial charge in [-0.05, 0) is 31.7 Å². The van der Waals surface area contributed by atoms with E-state index in [0.717, 1.165) is 10.6 Å². The van der Waals surface area contributed by atoms with E-state index in [0.29, 0.717) is 23.6 Å². The number of hydrogen-bond donors (Lipinski definition) is 2. The summed E-state index contributed by atoms with van der Waals surface area (Å²) >= 11 is 1.46. The Balaban J connectivity index is 2.18. The average molecular weight is 276 g/mol. The first kappa shape index (κ1) is 13.6. The molecule has 0 aliphatic rings. The fraction of sp³-hybridized carbons (Fsp3) is 0.308. The van der Waals surface area contributed by atoms with Gasteiger partial charge in [-0.15, -0.1) is 11.8 Å². The molecule has 6 heteroatoms. The van der Waals surface area contributed by atoms with Gasteiger partial charge in [0.2, 0.25) is 0 Å². The van der Waals surface area contributed by atoms with Gasteiger partial charge in [0.05, 0.1) is 11.3 Å². The topological polar surface area (TPSA) is 70.7 Å². The van der Waals surface area contributed by atoms with Crippen LogP contribution in [0.4, 0.5) is 0 Å². The Bertz CT molecular complexity index is 581. The molecular weight excluding hydrogens is 260 g/mol. The summed E-state index contributed by atoms with van der Waals surface area (Å²) in [5, 5.41) is 3.60. The maximum Gasteiger partial charge on any atom is 0.256 e. The normalized spacial score (nSPS) is 10.5. The number of nitrogens with zero attached hydrogens (tertiary/aromatic N) is 2. The molecule has 0 saturated heterocycles. The van der Waals surface area contributed by atoms with Crippen molar-refractivity contribution in [2.75, 3.05) is 6.26 Å². The van der Waals surface area contributed by atoms with E-state index in [4.69, 9.17) is 0 Å². The number of carbonyl (C=O) groups is 1. The van der Waals surface area contributed by atoms with E-state index >= 15 is 0 Å². The predicted octanol–water partition coefficient (Wildman–Crippen LogP) is 2.07. The number of aromatic nitrogens is 3. The number of carbonyl (C=O) groups excluding carboxylic acids is 1. The number of nitrogens with one attached hydrogen (secondary N) is 2. The molecule has 100 valence electrons. The van der Waals surface area contributed by atoms with Crippen LogP contribution in [0.15, 0.2) is 23.5 Å². The predicted molar refractivity (Wildman–Crippen MR) is 75.2 cm³/mol. The summed E-state index contributed by atoms with van der Waals surface area (Å²) in [6.07, 6.45) is 5.59. The number of H-pyrrole nitrogens is 1. The number of aromatic amines is 1. The third kappa shape index (κ3) is 3.14. The van der Waals surface area contributed by atoms with Crippen LogP contribution in [0, 0.1) is 13.8 Å². The number of aryl methyl sites for hydroxylation is 2. The van der Waals surface area contributed by atoms with Gasteiger partial charge in [-0.1, -0.05) is 0 Å². The van der Waals surface area contributed by atoms with Gasteiger partial charge in [-0.25, -0.2) is 9.97 Å². The van der Waals surface area contributed by atoms with Crippen molar-refractivity contribution in [1.29, 1.82) is 0 Å². The number of hydrogen-bond acceptors (Lipinski definition) is 4. The van der Waals surface area contributed by atoms with E-state index in [1.807, 2.05) is 38.6 Å². The summed E-state index contributed by atoms with van der Waals surface area (Å²) in [6, 6.07) is 1.92. The minimum Gasteiger partial charge on any atom is -0.367 e. The van der Waals surface area contributed by atoms with Crippen LogP contribution < -0.4 is 5.32 Å². The summed E-state index contributed by atoms with van der Waals surface area (Å²) in [4.78, 5) is 23.8. The lowest BCUT2D eigenvalue weighted by Gasteiger charge is -2.10. The molecule has 0 spiro atoms.